The van der Waals surface area contributed by atoms with Crippen LogP contribution in [0.3, 0.4) is 0 Å². The van der Waals surface area contributed by atoms with Gasteiger partial charge in [-0.1, -0.05) is 44.5 Å². The van der Waals surface area contributed by atoms with Crippen LogP contribution in [0.1, 0.15) is 43.1 Å². The van der Waals surface area contributed by atoms with E-state index in [1.165, 1.54) is 6.21 Å². The largest absolute Gasteiger partial charge is 0.494 e. The van der Waals surface area contributed by atoms with Crippen LogP contribution < -0.4 is 15.5 Å². The van der Waals surface area contributed by atoms with Crippen molar-refractivity contribution in [1.29, 1.82) is 0 Å². The number of halogens is 1. The highest BCUT2D eigenvalue weighted by Crippen LogP contribution is 2.15. The zero-order valence-electron chi connectivity index (χ0n) is 16.8. The Morgan fingerprint density at radius 2 is 1.83 bits per heavy atom. The summed E-state index contributed by atoms with van der Waals surface area (Å²) in [7, 11) is 0. The minimum atomic E-state index is -0.749. The molecule has 0 saturated heterocycles. The minimum Gasteiger partial charge on any atom is -0.494 e. The molecular weight excluding hydrogens is 390 g/mol. The first-order valence-corrected chi connectivity index (χ1v) is 9.91. The molecule has 2 N–H and O–H groups in total. The molecule has 0 fully saturated rings. The quantitative estimate of drug-likeness (QED) is 0.479. The Bertz CT molecular complexity index is 851. The van der Waals surface area contributed by atoms with Crippen molar-refractivity contribution in [1.82, 2.24) is 10.7 Å². The molecule has 0 aromatic heterocycles. The molecule has 2 aromatic rings. The predicted molar refractivity (Wildman–Crippen MR) is 116 cm³/mol. The molecule has 0 bridgehead atoms. The van der Waals surface area contributed by atoms with Crippen LogP contribution in [0, 0.1) is 5.92 Å². The number of amides is 2. The fourth-order valence-corrected chi connectivity index (χ4v) is 2.73. The van der Waals surface area contributed by atoms with E-state index in [1.54, 1.807) is 24.3 Å². The van der Waals surface area contributed by atoms with Crippen LogP contribution in [0.2, 0.25) is 5.02 Å². The van der Waals surface area contributed by atoms with Gasteiger partial charge in [0.15, 0.2) is 0 Å². The van der Waals surface area contributed by atoms with Crippen molar-refractivity contribution in [3.63, 3.8) is 0 Å². The van der Waals surface area contributed by atoms with Gasteiger partial charge in [0, 0.05) is 0 Å². The summed E-state index contributed by atoms with van der Waals surface area (Å²) in [5.74, 6) is -0.155. The molecule has 1 atom stereocenters. The fourth-order valence-electron chi connectivity index (χ4n) is 2.51. The molecular formula is C22H26ClN3O3. The first-order chi connectivity index (χ1) is 13.9. The Morgan fingerprint density at radius 3 is 2.45 bits per heavy atom. The van der Waals surface area contributed by atoms with Crippen LogP contribution in [0.15, 0.2) is 53.6 Å². The second kappa shape index (κ2) is 11.2. The zero-order valence-corrected chi connectivity index (χ0v) is 17.6. The van der Waals surface area contributed by atoms with Crippen LogP contribution in [0.25, 0.3) is 0 Å². The van der Waals surface area contributed by atoms with Gasteiger partial charge in [-0.05, 0) is 54.3 Å². The molecule has 0 aliphatic carbocycles. The maximum absolute atomic E-state index is 12.5. The Morgan fingerprint density at radius 1 is 1.14 bits per heavy atom. The van der Waals surface area contributed by atoms with Gasteiger partial charge in [-0.15, -0.1) is 0 Å². The van der Waals surface area contributed by atoms with Gasteiger partial charge in [-0.25, -0.2) is 5.43 Å². The van der Waals surface area contributed by atoms with Gasteiger partial charge in [-0.2, -0.15) is 5.10 Å². The minimum absolute atomic E-state index is 0.133. The molecule has 7 heteroatoms. The second-order valence-corrected chi connectivity index (χ2v) is 7.23. The van der Waals surface area contributed by atoms with Crippen molar-refractivity contribution in [2.75, 3.05) is 6.61 Å². The highest BCUT2D eigenvalue weighted by Gasteiger charge is 2.25. The fraction of sp³-hybridized carbons (Fsp3) is 0.318. The third-order valence-electron chi connectivity index (χ3n) is 4.10. The van der Waals surface area contributed by atoms with Gasteiger partial charge in [0.05, 0.1) is 23.4 Å². The van der Waals surface area contributed by atoms with E-state index >= 15 is 0 Å². The zero-order chi connectivity index (χ0) is 21.2. The summed E-state index contributed by atoms with van der Waals surface area (Å²) in [5, 5.41) is 7.05. The van der Waals surface area contributed by atoms with Crippen LogP contribution in [0.4, 0.5) is 0 Å². The average molecular weight is 416 g/mol. The van der Waals surface area contributed by atoms with Crippen molar-refractivity contribution >= 4 is 29.6 Å². The van der Waals surface area contributed by atoms with Crippen LogP contribution in [-0.4, -0.2) is 30.7 Å². The number of hydrogen-bond donors (Lipinski definition) is 2. The summed E-state index contributed by atoms with van der Waals surface area (Å²) in [4.78, 5) is 25.0. The molecule has 29 heavy (non-hydrogen) atoms. The van der Waals surface area contributed by atoms with Gasteiger partial charge in [0.2, 0.25) is 0 Å². The summed E-state index contributed by atoms with van der Waals surface area (Å²) in [5.41, 5.74) is 3.62. The van der Waals surface area contributed by atoms with Crippen molar-refractivity contribution in [3.05, 3.63) is 64.7 Å². The molecule has 2 rings (SSSR count). The highest BCUT2D eigenvalue weighted by atomic mass is 35.5. The Balaban J connectivity index is 1.96. The van der Waals surface area contributed by atoms with Gasteiger partial charge >= 0.3 is 0 Å². The lowest BCUT2D eigenvalue weighted by molar-refractivity contribution is -0.123. The summed E-state index contributed by atoms with van der Waals surface area (Å²) in [6.45, 7) is 6.40. The topological polar surface area (TPSA) is 79.8 Å². The first kappa shape index (κ1) is 22.4. The number of benzene rings is 2. The van der Waals surface area contributed by atoms with E-state index in [-0.39, 0.29) is 5.92 Å². The number of rotatable bonds is 9. The molecule has 154 valence electrons. The molecule has 0 aliphatic rings. The number of carbonyl (C=O) groups excluding carboxylic acids is 2. The smallest absolute Gasteiger partial charge is 0.262 e. The number of ether oxygens (including phenoxy) is 1. The third kappa shape index (κ3) is 6.91. The lowest BCUT2D eigenvalue weighted by Gasteiger charge is -2.20. The van der Waals surface area contributed by atoms with E-state index < -0.39 is 17.9 Å². The lowest BCUT2D eigenvalue weighted by atomic mass is 10.0. The summed E-state index contributed by atoms with van der Waals surface area (Å²) in [6, 6.07) is 13.3. The molecule has 0 radical (unpaired) electrons. The van der Waals surface area contributed by atoms with E-state index in [1.807, 2.05) is 45.0 Å². The Kier molecular flexibility index (Phi) is 8.68. The summed E-state index contributed by atoms with van der Waals surface area (Å²) >= 11 is 6.06. The molecule has 2 amide bonds. The SMILES string of the molecule is CCCOc1ccc(C=NNC(=O)C(NC(=O)c2ccccc2Cl)C(C)C)cc1. The van der Waals surface area contributed by atoms with Gasteiger partial charge in [0.25, 0.3) is 11.8 Å². The summed E-state index contributed by atoms with van der Waals surface area (Å²) in [6.07, 6.45) is 2.48. The molecule has 0 heterocycles. The van der Waals surface area contributed by atoms with Gasteiger partial charge in [-0.3, -0.25) is 9.59 Å². The third-order valence-corrected chi connectivity index (χ3v) is 4.43. The Hall–Kier alpha value is -2.86. The van der Waals surface area contributed by atoms with E-state index in [0.29, 0.717) is 17.2 Å². The van der Waals surface area contributed by atoms with Crippen molar-refractivity contribution in [2.45, 2.75) is 33.2 Å². The average Bonchev–Trinajstić information content (AvgIpc) is 2.71. The number of hydrogen-bond acceptors (Lipinski definition) is 4. The molecule has 0 saturated carbocycles. The standard InChI is InChI=1S/C22H26ClN3O3/c1-4-13-29-17-11-9-16(10-12-17)14-24-26-22(28)20(15(2)3)25-21(27)18-7-5-6-8-19(18)23/h5-12,14-15,20H,4,13H2,1-3H3,(H,25,27)(H,26,28). The number of nitrogens with zero attached hydrogens (tertiary/aromatic N) is 1. The van der Waals surface area contributed by atoms with Crippen molar-refractivity contribution in [2.24, 2.45) is 11.0 Å². The maximum Gasteiger partial charge on any atom is 0.262 e. The number of carbonyl (C=O) groups is 2. The molecule has 1 unspecified atom stereocenters. The monoisotopic (exact) mass is 415 g/mol. The van der Waals surface area contributed by atoms with E-state index in [9.17, 15) is 9.59 Å². The highest BCUT2D eigenvalue weighted by molar-refractivity contribution is 6.33. The molecule has 6 nitrogen and oxygen atoms in total. The summed E-state index contributed by atoms with van der Waals surface area (Å²) < 4.78 is 5.53. The first-order valence-electron chi connectivity index (χ1n) is 9.53. The Labute approximate surface area is 176 Å². The predicted octanol–water partition coefficient (Wildman–Crippen LogP) is 4.03. The van der Waals surface area contributed by atoms with Crippen LogP contribution in [0.5, 0.6) is 5.75 Å². The van der Waals surface area contributed by atoms with Crippen molar-refractivity contribution < 1.29 is 14.3 Å². The van der Waals surface area contributed by atoms with Crippen LogP contribution >= 0.6 is 11.6 Å². The lowest BCUT2D eigenvalue weighted by Crippen LogP contribution is -2.48. The van der Waals surface area contributed by atoms with E-state index in [0.717, 1.165) is 17.7 Å². The molecule has 2 aromatic carbocycles. The normalized spacial score (nSPS) is 12.0. The second-order valence-electron chi connectivity index (χ2n) is 6.83. The maximum atomic E-state index is 12.5. The van der Waals surface area contributed by atoms with Crippen LogP contribution in [-0.2, 0) is 4.79 Å². The van der Waals surface area contributed by atoms with E-state index in [4.69, 9.17) is 16.3 Å². The number of hydrazone groups is 1. The van der Waals surface area contributed by atoms with E-state index in [2.05, 4.69) is 15.8 Å². The van der Waals surface area contributed by atoms with Crippen molar-refractivity contribution in [3.8, 4) is 5.75 Å². The molecule has 0 aliphatic heterocycles. The molecule has 0 spiro atoms. The van der Waals surface area contributed by atoms with Gasteiger partial charge < -0.3 is 10.1 Å². The number of nitrogens with one attached hydrogen (secondary N) is 2. The van der Waals surface area contributed by atoms with Gasteiger partial charge in [0.1, 0.15) is 11.8 Å².